The minimum Gasteiger partial charge on any atom is -0.480 e. The summed E-state index contributed by atoms with van der Waals surface area (Å²) in [7, 11) is 0. The quantitative estimate of drug-likeness (QED) is 0.274. The van der Waals surface area contributed by atoms with E-state index in [4.69, 9.17) is 32.5 Å². The highest BCUT2D eigenvalue weighted by Gasteiger charge is 2.14. The van der Waals surface area contributed by atoms with E-state index in [-0.39, 0.29) is 12.3 Å². The van der Waals surface area contributed by atoms with Gasteiger partial charge in [0.15, 0.2) is 0 Å². The Balaban J connectivity index is -0.000000266. The lowest BCUT2D eigenvalue weighted by molar-refractivity contribution is -0.140. The van der Waals surface area contributed by atoms with Crippen LogP contribution in [0.2, 0.25) is 0 Å². The molecule has 0 saturated heterocycles. The van der Waals surface area contributed by atoms with E-state index in [1.54, 1.807) is 13.8 Å². The van der Waals surface area contributed by atoms with Gasteiger partial charge in [0, 0.05) is 0 Å². The minimum absolute atomic E-state index is 0.0208. The van der Waals surface area contributed by atoms with Gasteiger partial charge in [-0.15, -0.1) is 0 Å². The Bertz CT molecular complexity index is 399. The number of aliphatic carboxylic acids is 3. The Morgan fingerprint density at radius 1 is 0.826 bits per heavy atom. The predicted octanol–water partition coefficient (Wildman–Crippen LogP) is -2.25. The molecule has 3 unspecified atom stereocenters. The molecule has 0 aliphatic heterocycles. The smallest absolute Gasteiger partial charge is 0.321 e. The van der Waals surface area contributed by atoms with E-state index in [9.17, 15) is 19.2 Å². The van der Waals surface area contributed by atoms with Gasteiger partial charge in [0.05, 0.1) is 6.42 Å². The number of amides is 1. The van der Waals surface area contributed by atoms with Gasteiger partial charge >= 0.3 is 17.9 Å². The van der Waals surface area contributed by atoms with Crippen LogP contribution in [0.5, 0.6) is 0 Å². The largest absolute Gasteiger partial charge is 0.480 e. The lowest BCUT2D eigenvalue weighted by Crippen LogP contribution is -2.34. The number of nitrogens with two attached hydrogens (primary N) is 4. The van der Waals surface area contributed by atoms with Gasteiger partial charge < -0.3 is 38.3 Å². The maximum Gasteiger partial charge on any atom is 0.321 e. The number of hydrogen-bond acceptors (Lipinski definition) is 7. The third kappa shape index (κ3) is 19.8. The Morgan fingerprint density at radius 3 is 1.22 bits per heavy atom. The van der Waals surface area contributed by atoms with Crippen LogP contribution in [0, 0.1) is 5.92 Å². The van der Waals surface area contributed by atoms with Gasteiger partial charge in [0.1, 0.15) is 18.1 Å². The van der Waals surface area contributed by atoms with Crippen molar-refractivity contribution in [1.29, 1.82) is 0 Å². The Labute approximate surface area is 133 Å². The molecule has 0 aliphatic rings. The van der Waals surface area contributed by atoms with Gasteiger partial charge in [0.2, 0.25) is 5.91 Å². The molecule has 136 valence electrons. The van der Waals surface area contributed by atoms with Crippen molar-refractivity contribution >= 4 is 23.8 Å². The number of carboxylic acids is 3. The maximum atomic E-state index is 10.0. The average molecular weight is 338 g/mol. The van der Waals surface area contributed by atoms with E-state index in [2.05, 4.69) is 5.73 Å². The molecule has 0 heterocycles. The first kappa shape index (κ1) is 25.7. The highest BCUT2D eigenvalue weighted by molar-refractivity contribution is 5.83. The summed E-state index contributed by atoms with van der Waals surface area (Å²) in [5.74, 6) is -3.79. The second kappa shape index (κ2) is 13.4. The van der Waals surface area contributed by atoms with Crippen LogP contribution >= 0.6 is 0 Å². The minimum atomic E-state index is -1.21. The molecule has 3 atom stereocenters. The molecule has 11 heteroatoms. The second-order valence-corrected chi connectivity index (χ2v) is 4.85. The number of primary amides is 1. The molecule has 11 N–H and O–H groups in total. The molecule has 0 aliphatic carbocycles. The molecule has 0 fully saturated rings. The monoisotopic (exact) mass is 338 g/mol. The average Bonchev–Trinajstić information content (AvgIpc) is 2.37. The summed E-state index contributed by atoms with van der Waals surface area (Å²) < 4.78 is 0. The van der Waals surface area contributed by atoms with Crippen molar-refractivity contribution in [3.63, 3.8) is 0 Å². The molecule has 0 spiro atoms. The Morgan fingerprint density at radius 2 is 1.17 bits per heavy atom. The topological polar surface area (TPSA) is 233 Å². The normalized spacial score (nSPS) is 13.3. The van der Waals surface area contributed by atoms with E-state index >= 15 is 0 Å². The summed E-state index contributed by atoms with van der Waals surface area (Å²) in [5, 5.41) is 24.2. The first-order valence-corrected chi connectivity index (χ1v) is 6.47. The van der Waals surface area contributed by atoms with Gasteiger partial charge in [-0.05, 0) is 12.8 Å². The summed E-state index contributed by atoms with van der Waals surface area (Å²) >= 11 is 0. The molecule has 0 radical (unpaired) electrons. The summed E-state index contributed by atoms with van der Waals surface area (Å²) in [6, 6.07) is -2.61. The zero-order valence-electron chi connectivity index (χ0n) is 13.3. The maximum absolute atomic E-state index is 10.0. The number of carbonyl (C=O) groups excluding carboxylic acids is 1. The first-order chi connectivity index (χ1) is 10.2. The summed E-state index contributed by atoms with van der Waals surface area (Å²) in [4.78, 5) is 39.5. The third-order valence-corrected chi connectivity index (χ3v) is 2.13. The zero-order chi connectivity index (χ0) is 19.3. The van der Waals surface area contributed by atoms with Crippen molar-refractivity contribution in [3.8, 4) is 0 Å². The van der Waals surface area contributed by atoms with E-state index in [1.807, 2.05) is 0 Å². The van der Waals surface area contributed by atoms with Crippen molar-refractivity contribution in [3.05, 3.63) is 0 Å². The molecular formula is C12H26N4O7. The van der Waals surface area contributed by atoms with Gasteiger partial charge in [-0.3, -0.25) is 19.2 Å². The summed E-state index contributed by atoms with van der Waals surface area (Å²) in [6.45, 7) is 4.97. The SMILES string of the molecule is CC(C)C(N)C(=O)O.CC(N)C(=O)O.NC(=O)CC(N)C(=O)O. The summed E-state index contributed by atoms with van der Waals surface area (Å²) in [5.41, 5.74) is 19.6. The molecule has 11 nitrogen and oxygen atoms in total. The van der Waals surface area contributed by atoms with Gasteiger partial charge in [-0.25, -0.2) is 0 Å². The molecular weight excluding hydrogens is 312 g/mol. The third-order valence-electron chi connectivity index (χ3n) is 2.13. The molecule has 0 aromatic rings. The van der Waals surface area contributed by atoms with Gasteiger partial charge in [-0.1, -0.05) is 13.8 Å². The predicted molar refractivity (Wildman–Crippen MR) is 81.2 cm³/mol. The van der Waals surface area contributed by atoms with E-state index < -0.39 is 41.9 Å². The molecule has 23 heavy (non-hydrogen) atoms. The number of hydrogen-bond donors (Lipinski definition) is 7. The zero-order valence-corrected chi connectivity index (χ0v) is 13.3. The number of carbonyl (C=O) groups is 4. The highest BCUT2D eigenvalue weighted by Crippen LogP contribution is 1.96. The molecule has 0 aromatic heterocycles. The molecule has 0 bridgehead atoms. The van der Waals surface area contributed by atoms with Crippen molar-refractivity contribution in [2.24, 2.45) is 28.9 Å². The molecule has 0 rings (SSSR count). The Hall–Kier alpha value is -2.24. The van der Waals surface area contributed by atoms with Crippen LogP contribution in [-0.2, 0) is 19.2 Å². The van der Waals surface area contributed by atoms with Crippen LogP contribution < -0.4 is 22.9 Å². The van der Waals surface area contributed by atoms with Crippen LogP contribution in [0.3, 0.4) is 0 Å². The van der Waals surface area contributed by atoms with Crippen LogP contribution in [0.25, 0.3) is 0 Å². The van der Waals surface area contributed by atoms with Crippen LogP contribution in [0.1, 0.15) is 27.2 Å². The highest BCUT2D eigenvalue weighted by atomic mass is 16.4. The van der Waals surface area contributed by atoms with E-state index in [0.29, 0.717) is 0 Å². The molecule has 0 aromatic carbocycles. The van der Waals surface area contributed by atoms with Gasteiger partial charge in [0.25, 0.3) is 0 Å². The van der Waals surface area contributed by atoms with Crippen LogP contribution in [-0.4, -0.2) is 57.3 Å². The van der Waals surface area contributed by atoms with Gasteiger partial charge in [-0.2, -0.15) is 0 Å². The lowest BCUT2D eigenvalue weighted by atomic mass is 10.1. The van der Waals surface area contributed by atoms with Crippen LogP contribution in [0.15, 0.2) is 0 Å². The van der Waals surface area contributed by atoms with E-state index in [0.717, 1.165) is 0 Å². The second-order valence-electron chi connectivity index (χ2n) is 4.85. The number of rotatable bonds is 6. The van der Waals surface area contributed by atoms with Crippen molar-refractivity contribution in [2.75, 3.05) is 0 Å². The first-order valence-electron chi connectivity index (χ1n) is 6.47. The fourth-order valence-corrected chi connectivity index (χ4v) is 0.589. The van der Waals surface area contributed by atoms with Crippen molar-refractivity contribution in [2.45, 2.75) is 45.3 Å². The fourth-order valence-electron chi connectivity index (χ4n) is 0.589. The lowest BCUT2D eigenvalue weighted by Gasteiger charge is -2.07. The Kier molecular flexibility index (Phi) is 15.0. The van der Waals surface area contributed by atoms with Crippen molar-refractivity contribution < 1.29 is 34.5 Å². The molecule has 0 saturated carbocycles. The van der Waals surface area contributed by atoms with E-state index in [1.165, 1.54) is 6.92 Å². The number of carboxylic acid groups (broad SMARTS) is 3. The van der Waals surface area contributed by atoms with Crippen molar-refractivity contribution in [1.82, 2.24) is 0 Å². The van der Waals surface area contributed by atoms with Crippen LogP contribution in [0.4, 0.5) is 0 Å². The fraction of sp³-hybridized carbons (Fsp3) is 0.667. The summed E-state index contributed by atoms with van der Waals surface area (Å²) in [6.07, 6.45) is -0.310. The molecule has 1 amide bonds. The standard InChI is InChI=1S/C5H11NO2.C4H8N2O3.C3H7NO2/c1-3(2)4(6)5(7)8;5-2(4(8)9)1-3(6)7;1-2(4)3(5)6/h3-4H,6H2,1-2H3,(H,7,8);2H,1,5H2,(H2,6,7)(H,8,9);2H,4H2,1H3,(H,5,6).